The summed E-state index contributed by atoms with van der Waals surface area (Å²) >= 11 is 0. The molecule has 0 amide bonds. The van der Waals surface area contributed by atoms with Crippen LogP contribution in [0.4, 0.5) is 5.69 Å². The van der Waals surface area contributed by atoms with Crippen molar-refractivity contribution in [2.24, 2.45) is 0 Å². The van der Waals surface area contributed by atoms with Crippen LogP contribution in [0.2, 0.25) is 0 Å². The number of nitrogens with zero attached hydrogens (tertiary/aromatic N) is 2. The fourth-order valence-electron chi connectivity index (χ4n) is 3.50. The van der Waals surface area contributed by atoms with Crippen molar-refractivity contribution in [3.8, 4) is 17.6 Å². The average Bonchev–Trinajstić information content (AvgIpc) is 2.68. The van der Waals surface area contributed by atoms with Gasteiger partial charge >= 0.3 is 0 Å². The van der Waals surface area contributed by atoms with Gasteiger partial charge in [0.05, 0.1) is 31.4 Å². The topological polar surface area (TPSA) is 45.5 Å². The van der Waals surface area contributed by atoms with E-state index < -0.39 is 5.41 Å². The lowest BCUT2D eigenvalue weighted by atomic mass is 9.73. The smallest absolute Gasteiger partial charge is 0.142 e. The second-order valence-corrected chi connectivity index (χ2v) is 6.05. The molecule has 1 heterocycles. The van der Waals surface area contributed by atoms with Crippen LogP contribution in [-0.2, 0) is 5.41 Å². The van der Waals surface area contributed by atoms with Crippen molar-refractivity contribution < 1.29 is 9.47 Å². The van der Waals surface area contributed by atoms with Crippen molar-refractivity contribution in [1.29, 1.82) is 5.26 Å². The molecule has 3 rings (SSSR count). The molecule has 0 aromatic heterocycles. The molecule has 1 aliphatic rings. The Morgan fingerprint density at radius 3 is 2.12 bits per heavy atom. The molecule has 1 aliphatic heterocycles. The van der Waals surface area contributed by atoms with Gasteiger partial charge in [-0.1, -0.05) is 30.3 Å². The summed E-state index contributed by atoms with van der Waals surface area (Å²) in [6, 6.07) is 18.5. The van der Waals surface area contributed by atoms with Crippen molar-refractivity contribution in [3.63, 3.8) is 0 Å². The maximum absolute atomic E-state index is 9.92. The molecule has 0 N–H and O–H groups in total. The third-order valence-electron chi connectivity index (χ3n) is 4.88. The third kappa shape index (κ3) is 2.78. The molecule has 0 saturated carbocycles. The van der Waals surface area contributed by atoms with Crippen LogP contribution in [0.15, 0.2) is 48.5 Å². The summed E-state index contributed by atoms with van der Waals surface area (Å²) in [6.45, 7) is 1.62. The minimum atomic E-state index is -0.495. The summed E-state index contributed by atoms with van der Waals surface area (Å²) in [6.07, 6.45) is 1.53. The number of methoxy groups -OCH3 is 2. The van der Waals surface area contributed by atoms with E-state index in [1.54, 1.807) is 14.2 Å². The van der Waals surface area contributed by atoms with Gasteiger partial charge in [-0.15, -0.1) is 0 Å². The fraction of sp³-hybridized carbons (Fsp3) is 0.350. The first-order valence-corrected chi connectivity index (χ1v) is 8.17. The van der Waals surface area contributed by atoms with Gasteiger partial charge in [0.2, 0.25) is 0 Å². The maximum Gasteiger partial charge on any atom is 0.142 e. The molecule has 0 aliphatic carbocycles. The molecule has 0 atom stereocenters. The molecule has 1 saturated heterocycles. The first-order valence-electron chi connectivity index (χ1n) is 8.17. The summed E-state index contributed by atoms with van der Waals surface area (Å²) in [5.41, 5.74) is 1.59. The summed E-state index contributed by atoms with van der Waals surface area (Å²) in [4.78, 5) is 2.30. The highest BCUT2D eigenvalue weighted by Gasteiger charge is 2.39. The molecular weight excluding hydrogens is 300 g/mol. The summed E-state index contributed by atoms with van der Waals surface area (Å²) in [7, 11) is 3.35. The molecule has 0 spiro atoms. The number of rotatable bonds is 4. The van der Waals surface area contributed by atoms with E-state index in [0.717, 1.165) is 48.7 Å². The number of anilines is 1. The number of piperidine rings is 1. The summed E-state index contributed by atoms with van der Waals surface area (Å²) in [5.74, 6) is 1.67. The number of hydrogen-bond acceptors (Lipinski definition) is 4. The van der Waals surface area contributed by atoms with Crippen molar-refractivity contribution in [2.75, 3.05) is 32.2 Å². The second-order valence-electron chi connectivity index (χ2n) is 6.05. The van der Waals surface area contributed by atoms with Crippen LogP contribution in [0.1, 0.15) is 18.4 Å². The first-order chi connectivity index (χ1) is 11.7. The highest BCUT2D eigenvalue weighted by molar-refractivity contribution is 5.59. The average molecular weight is 322 g/mol. The van der Waals surface area contributed by atoms with E-state index in [1.165, 1.54) is 0 Å². The lowest BCUT2D eigenvalue weighted by molar-refractivity contribution is 0.367. The van der Waals surface area contributed by atoms with Crippen molar-refractivity contribution in [2.45, 2.75) is 18.3 Å². The van der Waals surface area contributed by atoms with Crippen LogP contribution in [0.3, 0.4) is 0 Å². The number of hydrogen-bond donors (Lipinski definition) is 0. The number of para-hydroxylation sites is 3. The highest BCUT2D eigenvalue weighted by Crippen LogP contribution is 2.41. The van der Waals surface area contributed by atoms with Gasteiger partial charge in [-0.05, 0) is 31.0 Å². The molecule has 0 radical (unpaired) electrons. The van der Waals surface area contributed by atoms with Gasteiger partial charge in [-0.3, -0.25) is 0 Å². The zero-order valence-electron chi connectivity index (χ0n) is 14.2. The number of benzene rings is 2. The predicted molar refractivity (Wildman–Crippen MR) is 94.7 cm³/mol. The molecule has 124 valence electrons. The molecule has 2 aromatic rings. The second kappa shape index (κ2) is 6.84. The van der Waals surface area contributed by atoms with E-state index in [2.05, 4.69) is 17.0 Å². The summed E-state index contributed by atoms with van der Waals surface area (Å²) < 4.78 is 11.0. The van der Waals surface area contributed by atoms with E-state index in [4.69, 9.17) is 9.47 Å². The molecule has 24 heavy (non-hydrogen) atoms. The molecule has 0 unspecified atom stereocenters. The molecule has 1 fully saturated rings. The Labute approximate surface area is 143 Å². The number of nitriles is 1. The summed E-state index contributed by atoms with van der Waals surface area (Å²) in [5, 5.41) is 9.92. The number of ether oxygens (including phenoxy) is 2. The van der Waals surface area contributed by atoms with Gasteiger partial charge in [0.1, 0.15) is 11.5 Å². The van der Waals surface area contributed by atoms with Crippen molar-refractivity contribution in [1.82, 2.24) is 0 Å². The van der Waals surface area contributed by atoms with Crippen LogP contribution < -0.4 is 14.4 Å². The Morgan fingerprint density at radius 2 is 1.50 bits per heavy atom. The zero-order chi connectivity index (χ0) is 17.0. The minimum Gasteiger partial charge on any atom is -0.496 e. The Bertz CT molecular complexity index is 743. The lowest BCUT2D eigenvalue weighted by Gasteiger charge is -2.39. The molecule has 2 aromatic carbocycles. The fourth-order valence-corrected chi connectivity index (χ4v) is 3.50. The van der Waals surface area contributed by atoms with Gasteiger partial charge in [0, 0.05) is 18.7 Å². The SMILES string of the molecule is COc1ccccc1N1CCC(C#N)(c2ccccc2OC)CC1. The van der Waals surface area contributed by atoms with E-state index >= 15 is 0 Å². The van der Waals surface area contributed by atoms with Crippen LogP contribution in [0.25, 0.3) is 0 Å². The lowest BCUT2D eigenvalue weighted by Crippen LogP contribution is -2.42. The normalized spacial score (nSPS) is 16.3. The maximum atomic E-state index is 9.92. The standard InChI is InChI=1S/C20H22N2O2/c1-23-18-9-5-3-7-16(18)20(15-21)11-13-22(14-12-20)17-8-4-6-10-19(17)24-2/h3-10H,11-14H2,1-2H3. The molecule has 4 heteroatoms. The largest absolute Gasteiger partial charge is 0.496 e. The van der Waals surface area contributed by atoms with E-state index in [1.807, 2.05) is 42.5 Å². The van der Waals surface area contributed by atoms with Crippen LogP contribution in [0.5, 0.6) is 11.5 Å². The van der Waals surface area contributed by atoms with Crippen LogP contribution >= 0.6 is 0 Å². The Balaban J connectivity index is 1.86. The highest BCUT2D eigenvalue weighted by atomic mass is 16.5. The van der Waals surface area contributed by atoms with Gasteiger partial charge < -0.3 is 14.4 Å². The van der Waals surface area contributed by atoms with Gasteiger partial charge in [-0.25, -0.2) is 0 Å². The third-order valence-corrected chi connectivity index (χ3v) is 4.88. The predicted octanol–water partition coefficient (Wildman–Crippen LogP) is 3.77. The zero-order valence-corrected chi connectivity index (χ0v) is 14.2. The Kier molecular flexibility index (Phi) is 4.61. The van der Waals surface area contributed by atoms with Gasteiger partial charge in [0.25, 0.3) is 0 Å². The van der Waals surface area contributed by atoms with E-state index in [0.29, 0.717) is 0 Å². The quantitative estimate of drug-likeness (QED) is 0.859. The molecule has 0 bridgehead atoms. The molecular formula is C20H22N2O2. The van der Waals surface area contributed by atoms with Gasteiger partial charge in [-0.2, -0.15) is 5.26 Å². The van der Waals surface area contributed by atoms with E-state index in [-0.39, 0.29) is 0 Å². The minimum absolute atomic E-state index is 0.495. The van der Waals surface area contributed by atoms with Crippen molar-refractivity contribution in [3.05, 3.63) is 54.1 Å². The van der Waals surface area contributed by atoms with E-state index in [9.17, 15) is 5.26 Å². The molecule has 4 nitrogen and oxygen atoms in total. The van der Waals surface area contributed by atoms with Gasteiger partial charge in [0.15, 0.2) is 0 Å². The van der Waals surface area contributed by atoms with Crippen LogP contribution in [-0.4, -0.2) is 27.3 Å². The van der Waals surface area contributed by atoms with Crippen LogP contribution in [0, 0.1) is 11.3 Å². The monoisotopic (exact) mass is 322 g/mol. The van der Waals surface area contributed by atoms with Crippen molar-refractivity contribution >= 4 is 5.69 Å². The Hall–Kier alpha value is -2.67. The Morgan fingerprint density at radius 1 is 0.917 bits per heavy atom. The first kappa shape index (κ1) is 16.2.